The van der Waals surface area contributed by atoms with Crippen molar-refractivity contribution in [2.45, 2.75) is 45.1 Å². The van der Waals surface area contributed by atoms with E-state index < -0.39 is 0 Å². The Balaban J connectivity index is 1.74. The average molecular weight is 236 g/mol. The molecule has 1 unspecified atom stereocenters. The van der Waals surface area contributed by atoms with E-state index in [0.717, 1.165) is 32.4 Å². The molecule has 17 heavy (non-hydrogen) atoms. The molecule has 0 spiro atoms. The summed E-state index contributed by atoms with van der Waals surface area (Å²) in [6.07, 6.45) is 5.37. The van der Waals surface area contributed by atoms with Crippen LogP contribution in [0.3, 0.4) is 0 Å². The Hall–Kier alpha value is -1.06. The zero-order chi connectivity index (χ0) is 12.0. The topological polar surface area (TPSA) is 40.6 Å². The predicted molar refractivity (Wildman–Crippen MR) is 63.3 cm³/mol. The molecule has 1 atom stereocenters. The lowest BCUT2D eigenvalue weighted by Crippen LogP contribution is -2.61. The van der Waals surface area contributed by atoms with Gasteiger partial charge in [0.25, 0.3) is 0 Å². The lowest BCUT2D eigenvalue weighted by molar-refractivity contribution is -0.158. The fraction of sp³-hybridized carbons (Fsp3) is 0.846. The Morgan fingerprint density at radius 2 is 2.06 bits per heavy atom. The maximum Gasteiger partial charge on any atom is 0.245 e. The van der Waals surface area contributed by atoms with Gasteiger partial charge in [-0.15, -0.1) is 0 Å². The molecule has 4 nitrogen and oxygen atoms in total. The molecule has 0 N–H and O–H groups in total. The maximum absolute atomic E-state index is 12.3. The molecule has 3 aliphatic rings. The van der Waals surface area contributed by atoms with Gasteiger partial charge in [-0.2, -0.15) is 0 Å². The van der Waals surface area contributed by atoms with Crippen LogP contribution in [0.5, 0.6) is 0 Å². The van der Waals surface area contributed by atoms with Crippen molar-refractivity contribution in [3.63, 3.8) is 0 Å². The third-order valence-electron chi connectivity index (χ3n) is 4.42. The van der Waals surface area contributed by atoms with Gasteiger partial charge in [0.1, 0.15) is 6.04 Å². The second-order valence-corrected chi connectivity index (χ2v) is 6.10. The second kappa shape index (κ2) is 3.72. The molecular formula is C13H20N2O2. The minimum Gasteiger partial charge on any atom is -0.331 e. The normalized spacial score (nSPS) is 31.5. The van der Waals surface area contributed by atoms with Gasteiger partial charge in [0.05, 0.1) is 6.54 Å². The number of nitrogens with zero attached hydrogens (tertiary/aromatic N) is 2. The van der Waals surface area contributed by atoms with Crippen LogP contribution < -0.4 is 0 Å². The zero-order valence-corrected chi connectivity index (χ0v) is 10.4. The third-order valence-corrected chi connectivity index (χ3v) is 4.42. The number of amides is 2. The van der Waals surface area contributed by atoms with Crippen molar-refractivity contribution in [2.75, 3.05) is 19.6 Å². The molecule has 2 amide bonds. The van der Waals surface area contributed by atoms with Crippen LogP contribution in [0.4, 0.5) is 0 Å². The molecule has 2 saturated heterocycles. The summed E-state index contributed by atoms with van der Waals surface area (Å²) in [5.74, 6) is 0.343. The number of hydrogen-bond acceptors (Lipinski definition) is 2. The number of hydrogen-bond donors (Lipinski definition) is 0. The Kier molecular flexibility index (Phi) is 2.42. The molecule has 0 aromatic carbocycles. The Morgan fingerprint density at radius 3 is 2.76 bits per heavy atom. The van der Waals surface area contributed by atoms with Gasteiger partial charge in [-0.25, -0.2) is 0 Å². The van der Waals surface area contributed by atoms with Gasteiger partial charge >= 0.3 is 0 Å². The SMILES string of the molecule is CC1(CN2CC(=O)N3CCCCC3C2=O)CC1. The van der Waals surface area contributed by atoms with Crippen molar-refractivity contribution in [3.05, 3.63) is 0 Å². The third kappa shape index (κ3) is 1.94. The number of fused-ring (bicyclic) bond motifs is 1. The van der Waals surface area contributed by atoms with E-state index in [-0.39, 0.29) is 17.9 Å². The number of carbonyl (C=O) groups is 2. The number of piperidine rings is 1. The van der Waals surface area contributed by atoms with Crippen molar-refractivity contribution in [1.29, 1.82) is 0 Å². The first-order valence-corrected chi connectivity index (χ1v) is 6.67. The molecule has 94 valence electrons. The van der Waals surface area contributed by atoms with Crippen molar-refractivity contribution < 1.29 is 9.59 Å². The summed E-state index contributed by atoms with van der Waals surface area (Å²) in [5.41, 5.74) is 0.298. The van der Waals surface area contributed by atoms with Crippen molar-refractivity contribution in [2.24, 2.45) is 5.41 Å². The minimum absolute atomic E-state index is 0.146. The summed E-state index contributed by atoms with van der Waals surface area (Å²) in [6, 6.07) is -0.146. The fourth-order valence-electron chi connectivity index (χ4n) is 3.00. The monoisotopic (exact) mass is 236 g/mol. The smallest absolute Gasteiger partial charge is 0.245 e. The largest absolute Gasteiger partial charge is 0.331 e. The van der Waals surface area contributed by atoms with Gasteiger partial charge in [0.2, 0.25) is 11.8 Å². The molecule has 3 rings (SSSR count). The van der Waals surface area contributed by atoms with Crippen LogP contribution >= 0.6 is 0 Å². The van der Waals surface area contributed by atoms with Gasteiger partial charge < -0.3 is 9.80 Å². The van der Waals surface area contributed by atoms with Crippen molar-refractivity contribution in [3.8, 4) is 0 Å². The van der Waals surface area contributed by atoms with E-state index in [0.29, 0.717) is 12.0 Å². The molecule has 4 heteroatoms. The van der Waals surface area contributed by atoms with Crippen LogP contribution in [0.2, 0.25) is 0 Å². The van der Waals surface area contributed by atoms with Gasteiger partial charge in [-0.05, 0) is 37.5 Å². The Morgan fingerprint density at radius 1 is 1.29 bits per heavy atom. The Labute approximate surface area is 102 Å². The van der Waals surface area contributed by atoms with Gasteiger partial charge in [0, 0.05) is 13.1 Å². The highest BCUT2D eigenvalue weighted by atomic mass is 16.2. The molecule has 0 aromatic rings. The molecule has 1 aliphatic carbocycles. The first-order chi connectivity index (χ1) is 8.09. The number of rotatable bonds is 2. The highest BCUT2D eigenvalue weighted by Gasteiger charge is 2.45. The first-order valence-electron chi connectivity index (χ1n) is 6.67. The molecule has 3 fully saturated rings. The average Bonchev–Trinajstić information content (AvgIpc) is 3.04. The van der Waals surface area contributed by atoms with Crippen LogP contribution in [0.1, 0.15) is 39.0 Å². The van der Waals surface area contributed by atoms with Crippen molar-refractivity contribution in [1.82, 2.24) is 9.80 Å². The standard InChI is InChI=1S/C13H20N2O2/c1-13(5-6-13)9-14-8-11(16)15-7-3-2-4-10(15)12(14)17/h10H,2-9H2,1H3. The summed E-state index contributed by atoms with van der Waals surface area (Å²) in [4.78, 5) is 28.0. The van der Waals surface area contributed by atoms with Crippen molar-refractivity contribution >= 4 is 11.8 Å². The van der Waals surface area contributed by atoms with E-state index in [1.165, 1.54) is 12.8 Å². The van der Waals surface area contributed by atoms with E-state index in [2.05, 4.69) is 6.92 Å². The van der Waals surface area contributed by atoms with Gasteiger partial charge in [-0.1, -0.05) is 6.92 Å². The van der Waals surface area contributed by atoms with Gasteiger partial charge in [0.15, 0.2) is 0 Å². The van der Waals surface area contributed by atoms with Crippen LogP contribution in [0, 0.1) is 5.41 Å². The molecule has 0 bridgehead atoms. The summed E-state index contributed by atoms with van der Waals surface area (Å²) >= 11 is 0. The second-order valence-electron chi connectivity index (χ2n) is 6.10. The lowest BCUT2D eigenvalue weighted by atomic mass is 9.97. The molecule has 2 aliphatic heterocycles. The van der Waals surface area contributed by atoms with Crippen LogP contribution in [0.15, 0.2) is 0 Å². The molecular weight excluding hydrogens is 216 g/mol. The van der Waals surface area contributed by atoms with Gasteiger partial charge in [-0.3, -0.25) is 9.59 Å². The first kappa shape index (κ1) is 11.1. The zero-order valence-electron chi connectivity index (χ0n) is 10.4. The number of piperazine rings is 1. The highest BCUT2D eigenvalue weighted by molar-refractivity contribution is 5.95. The predicted octanol–water partition coefficient (Wildman–Crippen LogP) is 1.01. The number of carbonyl (C=O) groups excluding carboxylic acids is 2. The maximum atomic E-state index is 12.3. The lowest BCUT2D eigenvalue weighted by Gasteiger charge is -2.43. The van der Waals surface area contributed by atoms with Crippen LogP contribution in [0.25, 0.3) is 0 Å². The molecule has 0 radical (unpaired) electrons. The Bertz CT molecular complexity index is 362. The summed E-state index contributed by atoms with van der Waals surface area (Å²) in [5, 5.41) is 0. The molecule has 1 saturated carbocycles. The summed E-state index contributed by atoms with van der Waals surface area (Å²) < 4.78 is 0. The highest BCUT2D eigenvalue weighted by Crippen LogP contribution is 2.45. The summed E-state index contributed by atoms with van der Waals surface area (Å²) in [7, 11) is 0. The van der Waals surface area contributed by atoms with E-state index in [1.54, 1.807) is 4.90 Å². The molecule has 2 heterocycles. The van der Waals surface area contributed by atoms with E-state index in [9.17, 15) is 9.59 Å². The fourth-order valence-corrected chi connectivity index (χ4v) is 3.00. The summed E-state index contributed by atoms with van der Waals surface area (Å²) in [6.45, 7) is 4.07. The van der Waals surface area contributed by atoms with E-state index >= 15 is 0 Å². The van der Waals surface area contributed by atoms with Crippen LogP contribution in [-0.2, 0) is 9.59 Å². The van der Waals surface area contributed by atoms with E-state index in [4.69, 9.17) is 0 Å². The van der Waals surface area contributed by atoms with Crippen LogP contribution in [-0.4, -0.2) is 47.3 Å². The quantitative estimate of drug-likeness (QED) is 0.718. The molecule has 0 aromatic heterocycles. The van der Waals surface area contributed by atoms with E-state index in [1.807, 2.05) is 4.90 Å². The minimum atomic E-state index is -0.146.